The number of anilines is 1. The topological polar surface area (TPSA) is 38.5 Å². The Hall–Kier alpha value is -0.930. The van der Waals surface area contributed by atoms with Crippen LogP contribution >= 0.6 is 12.4 Å². The lowest BCUT2D eigenvalue weighted by Crippen LogP contribution is -2.15. The van der Waals surface area contributed by atoms with E-state index in [9.17, 15) is 0 Å². The van der Waals surface area contributed by atoms with Gasteiger partial charge in [0, 0.05) is 12.2 Å². The molecule has 0 fully saturated rings. The van der Waals surface area contributed by atoms with Gasteiger partial charge < -0.3 is 15.4 Å². The van der Waals surface area contributed by atoms with Gasteiger partial charge in [0.25, 0.3) is 0 Å². The van der Waals surface area contributed by atoms with Gasteiger partial charge in [0.1, 0.15) is 5.75 Å². The van der Waals surface area contributed by atoms with Crippen LogP contribution in [0.15, 0.2) is 18.2 Å². The number of aryl methyl sites for hydroxylation is 1. The van der Waals surface area contributed by atoms with Gasteiger partial charge in [-0.1, -0.05) is 0 Å². The van der Waals surface area contributed by atoms with Crippen molar-refractivity contribution in [3.63, 3.8) is 0 Å². The lowest BCUT2D eigenvalue weighted by Gasteiger charge is -2.11. The van der Waals surface area contributed by atoms with Gasteiger partial charge >= 0.3 is 0 Å². The molecule has 0 aliphatic rings. The second-order valence-electron chi connectivity index (χ2n) is 4.02. The Kier molecular flexibility index (Phi) is 6.93. The third-order valence-electron chi connectivity index (χ3n) is 2.26. The van der Waals surface area contributed by atoms with Crippen molar-refractivity contribution in [2.75, 3.05) is 33.0 Å². The van der Waals surface area contributed by atoms with E-state index < -0.39 is 0 Å². The first-order valence-electron chi connectivity index (χ1n) is 5.23. The average molecular weight is 245 g/mol. The number of rotatable bonds is 5. The largest absolute Gasteiger partial charge is 0.494 e. The summed E-state index contributed by atoms with van der Waals surface area (Å²) in [6, 6.07) is 5.78. The first-order valence-corrected chi connectivity index (χ1v) is 5.23. The number of hydrogen-bond acceptors (Lipinski definition) is 3. The number of benzene rings is 1. The Morgan fingerprint density at radius 2 is 2.00 bits per heavy atom. The predicted octanol–water partition coefficient (Wildman–Crippen LogP) is 2.33. The maximum atomic E-state index is 5.72. The molecule has 1 aromatic rings. The fraction of sp³-hybridized carbons (Fsp3) is 0.500. The van der Waals surface area contributed by atoms with Crippen LogP contribution in [0.1, 0.15) is 12.0 Å². The van der Waals surface area contributed by atoms with Crippen LogP contribution in [-0.2, 0) is 0 Å². The summed E-state index contributed by atoms with van der Waals surface area (Å²) in [5.74, 6) is 0.903. The smallest absolute Gasteiger partial charge is 0.119 e. The summed E-state index contributed by atoms with van der Waals surface area (Å²) < 4.78 is 5.61. The molecule has 1 aromatic carbocycles. The third kappa shape index (κ3) is 5.24. The quantitative estimate of drug-likeness (QED) is 0.638. The highest BCUT2D eigenvalue weighted by Gasteiger charge is 1.97. The first-order chi connectivity index (χ1) is 7.09. The fourth-order valence-electron chi connectivity index (χ4n) is 1.31. The Balaban J connectivity index is 0.00000225. The molecule has 0 amide bonds. The lowest BCUT2D eigenvalue weighted by atomic mass is 10.2. The molecule has 0 aromatic heterocycles. The number of hydrogen-bond donors (Lipinski definition) is 1. The minimum absolute atomic E-state index is 0. The molecular formula is C12H21ClN2O. The van der Waals surface area contributed by atoms with Gasteiger partial charge in [-0.05, 0) is 51.2 Å². The summed E-state index contributed by atoms with van der Waals surface area (Å²) >= 11 is 0. The second kappa shape index (κ2) is 7.36. The Labute approximate surface area is 104 Å². The highest BCUT2D eigenvalue weighted by atomic mass is 35.5. The summed E-state index contributed by atoms with van der Waals surface area (Å²) in [5, 5.41) is 0. The van der Waals surface area contributed by atoms with E-state index in [4.69, 9.17) is 10.5 Å². The predicted molar refractivity (Wildman–Crippen MR) is 71.5 cm³/mol. The first kappa shape index (κ1) is 15.1. The lowest BCUT2D eigenvalue weighted by molar-refractivity contribution is 0.281. The molecule has 4 heteroatoms. The molecule has 0 aliphatic carbocycles. The third-order valence-corrected chi connectivity index (χ3v) is 2.26. The van der Waals surface area contributed by atoms with Crippen LogP contribution in [0.5, 0.6) is 5.75 Å². The van der Waals surface area contributed by atoms with Crippen molar-refractivity contribution in [2.24, 2.45) is 0 Å². The highest BCUT2D eigenvalue weighted by Crippen LogP contribution is 2.18. The normalized spacial score (nSPS) is 10.0. The zero-order valence-corrected chi connectivity index (χ0v) is 11.0. The van der Waals surface area contributed by atoms with E-state index in [1.165, 1.54) is 0 Å². The maximum Gasteiger partial charge on any atom is 0.119 e. The van der Waals surface area contributed by atoms with E-state index in [2.05, 4.69) is 19.0 Å². The van der Waals surface area contributed by atoms with E-state index in [-0.39, 0.29) is 12.4 Å². The number of nitrogens with two attached hydrogens (primary N) is 1. The molecule has 0 aliphatic heterocycles. The fourth-order valence-corrected chi connectivity index (χ4v) is 1.31. The van der Waals surface area contributed by atoms with Gasteiger partial charge in [0.15, 0.2) is 0 Å². The number of nitrogen functional groups attached to an aromatic ring is 1. The number of nitrogens with zero attached hydrogens (tertiary/aromatic N) is 1. The van der Waals surface area contributed by atoms with Crippen molar-refractivity contribution in [3.05, 3.63) is 23.8 Å². The summed E-state index contributed by atoms with van der Waals surface area (Å²) in [6.07, 6.45) is 1.04. The molecule has 2 N–H and O–H groups in total. The zero-order valence-electron chi connectivity index (χ0n) is 10.2. The molecule has 92 valence electrons. The van der Waals surface area contributed by atoms with Crippen molar-refractivity contribution in [2.45, 2.75) is 13.3 Å². The molecule has 0 atom stereocenters. The molecule has 3 nitrogen and oxygen atoms in total. The monoisotopic (exact) mass is 244 g/mol. The second-order valence-corrected chi connectivity index (χ2v) is 4.02. The van der Waals surface area contributed by atoms with Crippen LogP contribution in [-0.4, -0.2) is 32.1 Å². The van der Waals surface area contributed by atoms with E-state index in [1.54, 1.807) is 0 Å². The summed E-state index contributed by atoms with van der Waals surface area (Å²) in [6.45, 7) is 3.79. The molecule has 0 radical (unpaired) electrons. The van der Waals surface area contributed by atoms with E-state index >= 15 is 0 Å². The SMILES string of the molecule is Cc1cc(OCCCN(C)C)ccc1N.Cl. The molecule has 16 heavy (non-hydrogen) atoms. The van der Waals surface area contributed by atoms with Crippen molar-refractivity contribution < 1.29 is 4.74 Å². The number of halogens is 1. The van der Waals surface area contributed by atoms with E-state index in [0.29, 0.717) is 0 Å². The molecule has 0 heterocycles. The van der Waals surface area contributed by atoms with Gasteiger partial charge in [0.2, 0.25) is 0 Å². The van der Waals surface area contributed by atoms with Crippen LogP contribution in [0.2, 0.25) is 0 Å². The van der Waals surface area contributed by atoms with Crippen molar-refractivity contribution in [3.8, 4) is 5.75 Å². The van der Waals surface area contributed by atoms with Crippen LogP contribution in [0.3, 0.4) is 0 Å². The van der Waals surface area contributed by atoms with Crippen molar-refractivity contribution in [1.29, 1.82) is 0 Å². The Morgan fingerprint density at radius 1 is 1.31 bits per heavy atom. The van der Waals surface area contributed by atoms with Crippen LogP contribution in [0, 0.1) is 6.92 Å². The van der Waals surface area contributed by atoms with Crippen molar-refractivity contribution in [1.82, 2.24) is 4.90 Å². The van der Waals surface area contributed by atoms with Gasteiger partial charge in [-0.2, -0.15) is 0 Å². The Bertz CT molecular complexity index is 316. The molecule has 1 rings (SSSR count). The summed E-state index contributed by atoms with van der Waals surface area (Å²) in [4.78, 5) is 2.15. The molecular weight excluding hydrogens is 224 g/mol. The molecule has 0 spiro atoms. The van der Waals surface area contributed by atoms with Crippen molar-refractivity contribution >= 4 is 18.1 Å². The molecule has 0 bridgehead atoms. The standard InChI is InChI=1S/C12H20N2O.ClH/c1-10-9-11(5-6-12(10)13)15-8-4-7-14(2)3;/h5-6,9H,4,7-8,13H2,1-3H3;1H. The van der Waals surface area contributed by atoms with Gasteiger partial charge in [0.05, 0.1) is 6.61 Å². The van der Waals surface area contributed by atoms with Gasteiger partial charge in [-0.25, -0.2) is 0 Å². The number of ether oxygens (including phenoxy) is 1. The highest BCUT2D eigenvalue weighted by molar-refractivity contribution is 5.85. The molecule has 0 saturated carbocycles. The van der Waals surface area contributed by atoms with Gasteiger partial charge in [-0.3, -0.25) is 0 Å². The molecule has 0 unspecified atom stereocenters. The van der Waals surface area contributed by atoms with Crippen LogP contribution in [0.4, 0.5) is 5.69 Å². The zero-order chi connectivity index (χ0) is 11.3. The minimum atomic E-state index is 0. The Morgan fingerprint density at radius 3 is 2.56 bits per heavy atom. The maximum absolute atomic E-state index is 5.72. The minimum Gasteiger partial charge on any atom is -0.494 e. The summed E-state index contributed by atoms with van der Waals surface area (Å²) in [7, 11) is 4.13. The van der Waals surface area contributed by atoms with Crippen LogP contribution < -0.4 is 10.5 Å². The average Bonchev–Trinajstić information content (AvgIpc) is 2.18. The van der Waals surface area contributed by atoms with E-state index in [1.807, 2.05) is 25.1 Å². The summed E-state index contributed by atoms with van der Waals surface area (Å²) in [5.41, 5.74) is 7.61. The van der Waals surface area contributed by atoms with E-state index in [0.717, 1.165) is 36.6 Å². The van der Waals surface area contributed by atoms with Crippen LogP contribution in [0.25, 0.3) is 0 Å². The van der Waals surface area contributed by atoms with Gasteiger partial charge in [-0.15, -0.1) is 12.4 Å². The molecule has 0 saturated heterocycles.